The summed E-state index contributed by atoms with van der Waals surface area (Å²) >= 11 is 0. The average Bonchev–Trinajstić information content (AvgIpc) is 3.06. The number of aryl methyl sites for hydroxylation is 1. The first-order valence-electron chi connectivity index (χ1n) is 10.4. The Hall–Kier alpha value is -2.72. The Labute approximate surface area is 183 Å². The van der Waals surface area contributed by atoms with E-state index >= 15 is 0 Å². The summed E-state index contributed by atoms with van der Waals surface area (Å²) in [5, 5.41) is 8.21. The Morgan fingerprint density at radius 1 is 1.16 bits per heavy atom. The first-order valence-corrected chi connectivity index (χ1v) is 12.3. The van der Waals surface area contributed by atoms with Crippen LogP contribution in [0.1, 0.15) is 50.6 Å². The Morgan fingerprint density at radius 3 is 2.45 bits per heavy atom. The van der Waals surface area contributed by atoms with E-state index in [9.17, 15) is 8.42 Å². The number of anilines is 1. The van der Waals surface area contributed by atoms with Gasteiger partial charge in [0, 0.05) is 19.5 Å². The van der Waals surface area contributed by atoms with Crippen molar-refractivity contribution in [1.82, 2.24) is 24.5 Å². The molecule has 2 heterocycles. The zero-order chi connectivity index (χ0) is 22.6. The van der Waals surface area contributed by atoms with Crippen LogP contribution >= 0.6 is 0 Å². The van der Waals surface area contributed by atoms with Crippen molar-refractivity contribution >= 4 is 26.9 Å². The number of fused-ring (bicyclic) bond motifs is 1. The molecule has 0 atom stereocenters. The lowest BCUT2D eigenvalue weighted by Crippen LogP contribution is -2.21. The van der Waals surface area contributed by atoms with E-state index < -0.39 is 10.0 Å². The zero-order valence-corrected chi connectivity index (χ0v) is 19.2. The van der Waals surface area contributed by atoms with E-state index in [1.165, 1.54) is 0 Å². The SMILES string of the molecule is CCCCc1nc2c(N)nnc(OC(C)C)c2n1Cc1ccc(CNS(C)(=O)=O)cc1. The van der Waals surface area contributed by atoms with Crippen molar-refractivity contribution in [2.24, 2.45) is 0 Å². The fraction of sp³-hybridized carbons (Fsp3) is 0.476. The van der Waals surface area contributed by atoms with Gasteiger partial charge in [0.25, 0.3) is 5.88 Å². The van der Waals surface area contributed by atoms with E-state index in [0.717, 1.165) is 48.0 Å². The van der Waals surface area contributed by atoms with E-state index in [-0.39, 0.29) is 18.5 Å². The van der Waals surface area contributed by atoms with Crippen molar-refractivity contribution in [2.75, 3.05) is 12.0 Å². The number of nitrogens with two attached hydrogens (primary N) is 1. The van der Waals surface area contributed by atoms with Gasteiger partial charge >= 0.3 is 0 Å². The minimum absolute atomic E-state index is 0.0646. The topological polar surface area (TPSA) is 125 Å². The predicted molar refractivity (Wildman–Crippen MR) is 121 cm³/mol. The minimum Gasteiger partial charge on any atom is -0.472 e. The van der Waals surface area contributed by atoms with Crippen LogP contribution in [0.5, 0.6) is 5.88 Å². The molecule has 0 bridgehead atoms. The van der Waals surface area contributed by atoms with E-state index in [0.29, 0.717) is 17.9 Å². The van der Waals surface area contributed by atoms with Crippen LogP contribution in [0.2, 0.25) is 0 Å². The number of nitrogens with zero attached hydrogens (tertiary/aromatic N) is 4. The molecule has 1 aromatic carbocycles. The number of hydrogen-bond donors (Lipinski definition) is 2. The van der Waals surface area contributed by atoms with Crippen molar-refractivity contribution in [3.8, 4) is 5.88 Å². The number of benzene rings is 1. The number of rotatable bonds is 10. The van der Waals surface area contributed by atoms with Crippen molar-refractivity contribution in [3.63, 3.8) is 0 Å². The molecule has 168 valence electrons. The molecule has 10 heteroatoms. The van der Waals surface area contributed by atoms with Gasteiger partial charge in [-0.1, -0.05) is 37.6 Å². The molecule has 0 unspecified atom stereocenters. The summed E-state index contributed by atoms with van der Waals surface area (Å²) in [4.78, 5) is 4.77. The molecule has 0 saturated carbocycles. The van der Waals surface area contributed by atoms with Gasteiger partial charge in [0.1, 0.15) is 16.9 Å². The quantitative estimate of drug-likeness (QED) is 0.490. The molecule has 2 aromatic heterocycles. The van der Waals surface area contributed by atoms with Gasteiger partial charge in [0.2, 0.25) is 10.0 Å². The summed E-state index contributed by atoms with van der Waals surface area (Å²) in [5.74, 6) is 1.61. The molecule has 0 spiro atoms. The van der Waals surface area contributed by atoms with Crippen LogP contribution < -0.4 is 15.2 Å². The smallest absolute Gasteiger partial charge is 0.260 e. The molecular formula is C21H30N6O3S. The highest BCUT2D eigenvalue weighted by Crippen LogP contribution is 2.29. The Morgan fingerprint density at radius 2 is 1.84 bits per heavy atom. The zero-order valence-electron chi connectivity index (χ0n) is 18.4. The maximum absolute atomic E-state index is 11.3. The van der Waals surface area contributed by atoms with Gasteiger partial charge in [-0.05, 0) is 31.4 Å². The molecule has 0 aliphatic carbocycles. The molecule has 31 heavy (non-hydrogen) atoms. The first kappa shape index (κ1) is 23.0. The second kappa shape index (κ2) is 9.61. The molecule has 9 nitrogen and oxygen atoms in total. The summed E-state index contributed by atoms with van der Waals surface area (Å²) < 4.78 is 33.1. The largest absolute Gasteiger partial charge is 0.472 e. The van der Waals surface area contributed by atoms with Crippen LogP contribution in [0, 0.1) is 0 Å². The fourth-order valence-electron chi connectivity index (χ4n) is 3.25. The Bertz CT molecular complexity index is 1140. The van der Waals surface area contributed by atoms with Gasteiger partial charge in [-0.25, -0.2) is 18.1 Å². The van der Waals surface area contributed by atoms with Crippen molar-refractivity contribution in [2.45, 2.75) is 59.2 Å². The molecule has 0 amide bonds. The molecular weight excluding hydrogens is 416 g/mol. The summed E-state index contributed by atoms with van der Waals surface area (Å²) in [6.45, 7) is 6.83. The number of nitrogens with one attached hydrogen (secondary N) is 1. The predicted octanol–water partition coefficient (Wildman–Crippen LogP) is 2.64. The highest BCUT2D eigenvalue weighted by atomic mass is 32.2. The van der Waals surface area contributed by atoms with E-state index in [1.54, 1.807) is 0 Å². The second-order valence-electron chi connectivity index (χ2n) is 7.88. The van der Waals surface area contributed by atoms with Crippen molar-refractivity contribution in [1.29, 1.82) is 0 Å². The van der Waals surface area contributed by atoms with E-state index in [1.807, 2.05) is 38.1 Å². The normalized spacial score (nSPS) is 12.0. The highest BCUT2D eigenvalue weighted by molar-refractivity contribution is 7.88. The monoisotopic (exact) mass is 446 g/mol. The molecule has 0 aliphatic heterocycles. The lowest BCUT2D eigenvalue weighted by Gasteiger charge is -2.14. The number of imidazole rings is 1. The lowest BCUT2D eigenvalue weighted by atomic mass is 10.1. The fourth-order valence-corrected chi connectivity index (χ4v) is 3.68. The standard InChI is InChI=1S/C21H30N6O3S/c1-5-6-7-17-24-18-19(21(30-14(2)3)26-25-20(18)22)27(17)13-16-10-8-15(9-11-16)12-23-31(4,28)29/h8-11,14,23H,5-7,12-13H2,1-4H3,(H2,22,25). The molecule has 0 radical (unpaired) electrons. The third kappa shape index (κ3) is 5.92. The Kier molecular flexibility index (Phi) is 7.11. The van der Waals surface area contributed by atoms with Crippen LogP contribution in [0.3, 0.4) is 0 Å². The first-order chi connectivity index (χ1) is 14.7. The van der Waals surface area contributed by atoms with Crippen LogP contribution in [0.25, 0.3) is 11.0 Å². The third-order valence-electron chi connectivity index (χ3n) is 4.74. The van der Waals surface area contributed by atoms with E-state index in [2.05, 4.69) is 26.4 Å². The maximum Gasteiger partial charge on any atom is 0.260 e. The number of unbranched alkanes of at least 4 members (excludes halogenated alkanes) is 1. The number of aromatic nitrogens is 4. The summed E-state index contributed by atoms with van der Waals surface area (Å²) in [5.41, 5.74) is 9.37. The van der Waals surface area contributed by atoms with Crippen LogP contribution in [-0.4, -0.2) is 40.5 Å². The molecule has 3 rings (SSSR count). The highest BCUT2D eigenvalue weighted by Gasteiger charge is 2.20. The molecule has 3 aromatic rings. The van der Waals surface area contributed by atoms with E-state index in [4.69, 9.17) is 15.5 Å². The number of nitrogen functional groups attached to an aromatic ring is 1. The van der Waals surface area contributed by atoms with Crippen LogP contribution in [0.15, 0.2) is 24.3 Å². The number of hydrogen-bond acceptors (Lipinski definition) is 7. The van der Waals surface area contributed by atoms with Gasteiger partial charge in [-0.15, -0.1) is 10.2 Å². The number of ether oxygens (including phenoxy) is 1. The second-order valence-corrected chi connectivity index (χ2v) is 9.71. The minimum atomic E-state index is -3.23. The molecule has 0 fully saturated rings. The summed E-state index contributed by atoms with van der Waals surface area (Å²) in [6, 6.07) is 7.79. The van der Waals surface area contributed by atoms with Gasteiger partial charge in [-0.3, -0.25) is 0 Å². The molecule has 3 N–H and O–H groups in total. The van der Waals surface area contributed by atoms with Gasteiger partial charge in [0.05, 0.1) is 12.4 Å². The lowest BCUT2D eigenvalue weighted by molar-refractivity contribution is 0.232. The van der Waals surface area contributed by atoms with Gasteiger partial charge < -0.3 is 15.0 Å². The summed E-state index contributed by atoms with van der Waals surface area (Å²) in [6.07, 6.45) is 3.94. The molecule has 0 saturated heterocycles. The van der Waals surface area contributed by atoms with Crippen molar-refractivity contribution < 1.29 is 13.2 Å². The van der Waals surface area contributed by atoms with Crippen molar-refractivity contribution in [3.05, 3.63) is 41.2 Å². The maximum atomic E-state index is 11.3. The third-order valence-corrected chi connectivity index (χ3v) is 5.41. The average molecular weight is 447 g/mol. The number of sulfonamides is 1. The van der Waals surface area contributed by atoms with Crippen LogP contribution in [-0.2, 0) is 29.5 Å². The summed E-state index contributed by atoms with van der Waals surface area (Å²) in [7, 11) is -3.23. The van der Waals surface area contributed by atoms with Crippen LogP contribution in [0.4, 0.5) is 5.82 Å². The van der Waals surface area contributed by atoms with Gasteiger partial charge in [0.15, 0.2) is 5.82 Å². The molecule has 0 aliphatic rings. The van der Waals surface area contributed by atoms with Gasteiger partial charge in [-0.2, -0.15) is 0 Å². The Balaban J connectivity index is 1.98.